The van der Waals surface area contributed by atoms with Gasteiger partial charge in [0.2, 0.25) is 0 Å². The number of rotatable bonds is 3. The van der Waals surface area contributed by atoms with Gasteiger partial charge in [-0.3, -0.25) is 4.79 Å². The molecule has 0 aliphatic rings. The number of ether oxygens (including phenoxy) is 1. The lowest BCUT2D eigenvalue weighted by molar-refractivity contribution is -0.129. The molecule has 0 N–H and O–H groups in total. The van der Waals surface area contributed by atoms with Crippen LogP contribution in [0.2, 0.25) is 0 Å². The fraction of sp³-hybridized carbons (Fsp3) is 0.125. The van der Waals surface area contributed by atoms with Gasteiger partial charge in [-0.25, -0.2) is 0 Å². The van der Waals surface area contributed by atoms with E-state index in [4.69, 9.17) is 0 Å². The average molecular weight is 136 g/mol. The zero-order valence-corrected chi connectivity index (χ0v) is 5.49. The van der Waals surface area contributed by atoms with Crippen molar-refractivity contribution < 1.29 is 9.53 Å². The lowest BCUT2D eigenvalue weighted by Crippen LogP contribution is -1.88. The van der Waals surface area contributed by atoms with E-state index in [-0.39, 0.29) is 0 Å². The van der Waals surface area contributed by atoms with Crippen molar-refractivity contribution in [1.29, 1.82) is 0 Å². The van der Waals surface area contributed by atoms with Crippen LogP contribution in [0.15, 0.2) is 30.3 Å². The van der Waals surface area contributed by atoms with E-state index in [0.29, 0.717) is 13.1 Å². The van der Waals surface area contributed by atoms with Crippen molar-refractivity contribution in [3.63, 3.8) is 0 Å². The molecule has 1 aromatic carbocycles. The third kappa shape index (κ3) is 1.90. The highest BCUT2D eigenvalue weighted by Crippen LogP contribution is 1.98. The lowest BCUT2D eigenvalue weighted by Gasteiger charge is -1.95. The lowest BCUT2D eigenvalue weighted by atomic mass is 10.2. The van der Waals surface area contributed by atoms with Gasteiger partial charge in [0.25, 0.3) is 6.47 Å². The van der Waals surface area contributed by atoms with E-state index in [9.17, 15) is 4.79 Å². The summed E-state index contributed by atoms with van der Waals surface area (Å²) in [6.07, 6.45) is 0. The molecule has 0 spiro atoms. The van der Waals surface area contributed by atoms with Crippen molar-refractivity contribution in [1.82, 2.24) is 0 Å². The van der Waals surface area contributed by atoms with E-state index < -0.39 is 0 Å². The molecule has 1 rings (SSSR count). The molecule has 0 saturated carbocycles. The maximum Gasteiger partial charge on any atom is 0.293 e. The molecule has 0 unspecified atom stereocenters. The van der Waals surface area contributed by atoms with Crippen LogP contribution in [-0.4, -0.2) is 6.47 Å². The quantitative estimate of drug-likeness (QED) is 0.586. The Kier molecular flexibility index (Phi) is 2.49. The van der Waals surface area contributed by atoms with Crippen molar-refractivity contribution >= 4 is 6.47 Å². The van der Waals surface area contributed by atoms with Gasteiger partial charge in [0, 0.05) is 0 Å². The zero-order valence-electron chi connectivity index (χ0n) is 5.49. The third-order valence-electron chi connectivity index (χ3n) is 1.16. The summed E-state index contributed by atoms with van der Waals surface area (Å²) in [5.41, 5.74) is 1.01. The van der Waals surface area contributed by atoms with Crippen molar-refractivity contribution in [2.75, 3.05) is 0 Å². The Balaban J connectivity index is 2.50. The molecule has 0 atom stereocenters. The van der Waals surface area contributed by atoms with Gasteiger partial charge >= 0.3 is 0 Å². The molecule has 1 aromatic rings. The number of carbonyl (C=O) groups is 1. The van der Waals surface area contributed by atoms with Crippen LogP contribution in [0.5, 0.6) is 0 Å². The maximum atomic E-state index is 9.76. The van der Waals surface area contributed by atoms with Crippen LogP contribution >= 0.6 is 0 Å². The number of hydrogen-bond donors (Lipinski definition) is 0. The van der Waals surface area contributed by atoms with E-state index in [1.165, 1.54) is 0 Å². The van der Waals surface area contributed by atoms with E-state index in [1.807, 2.05) is 30.3 Å². The second-order valence-corrected chi connectivity index (χ2v) is 1.89. The van der Waals surface area contributed by atoms with Crippen LogP contribution in [0, 0.1) is 0 Å². The Bertz CT molecular complexity index is 194. The SMILES string of the molecule is O=[12CH]O[12CH2][12c]1ccccc1. The Morgan fingerprint density at radius 3 is 2.60 bits per heavy atom. The molecule has 0 radical (unpaired) electrons. The average Bonchev–Trinajstić information content (AvgIpc) is 2.03. The van der Waals surface area contributed by atoms with Crippen LogP contribution in [0.3, 0.4) is 0 Å². The largest absolute Gasteiger partial charge is 0.463 e. The summed E-state index contributed by atoms with van der Waals surface area (Å²) in [4.78, 5) is 9.76. The monoisotopic (exact) mass is 136 g/mol. The van der Waals surface area contributed by atoms with Gasteiger partial charge in [-0.15, -0.1) is 0 Å². The first-order chi connectivity index (χ1) is 4.93. The molecule has 0 saturated heterocycles. The Labute approximate surface area is 59.4 Å². The topological polar surface area (TPSA) is 26.3 Å². The number of hydrogen-bond acceptors (Lipinski definition) is 2. The van der Waals surface area contributed by atoms with E-state index in [1.54, 1.807) is 0 Å². The van der Waals surface area contributed by atoms with E-state index >= 15 is 0 Å². The van der Waals surface area contributed by atoms with Crippen molar-refractivity contribution in [3.8, 4) is 0 Å². The minimum Gasteiger partial charge on any atom is -0.463 e. The first kappa shape index (κ1) is 6.81. The molecule has 0 heterocycles. The molecule has 0 bridgehead atoms. The Morgan fingerprint density at radius 2 is 2.00 bits per heavy atom. The highest BCUT2D eigenvalue weighted by Gasteiger charge is 1.87. The Morgan fingerprint density at radius 1 is 1.30 bits per heavy atom. The number of carbonyl (C=O) groups excluding carboxylic acids is 1. The van der Waals surface area contributed by atoms with Crippen LogP contribution < -0.4 is 0 Å². The molecular weight excluding hydrogens is 128 g/mol. The summed E-state index contributed by atoms with van der Waals surface area (Å²) < 4.78 is 4.54. The zero-order chi connectivity index (χ0) is 7.23. The summed E-state index contributed by atoms with van der Waals surface area (Å²) >= 11 is 0. The molecule has 0 aliphatic carbocycles. The predicted octanol–water partition coefficient (Wildman–Crippen LogP) is 1.36. The molecular formula is C8H8O2. The van der Waals surface area contributed by atoms with E-state index in [0.717, 1.165) is 5.56 Å². The van der Waals surface area contributed by atoms with Crippen molar-refractivity contribution in [2.24, 2.45) is 0 Å². The van der Waals surface area contributed by atoms with Crippen LogP contribution in [-0.2, 0) is 16.1 Å². The molecule has 0 amide bonds. The summed E-state index contributed by atoms with van der Waals surface area (Å²) in [5, 5.41) is 0. The molecule has 0 fully saturated rings. The second-order valence-electron chi connectivity index (χ2n) is 1.89. The summed E-state index contributed by atoms with van der Waals surface area (Å²) in [5.74, 6) is 0. The van der Waals surface area contributed by atoms with Crippen LogP contribution in [0.25, 0.3) is 0 Å². The smallest absolute Gasteiger partial charge is 0.293 e. The fourth-order valence-electron chi connectivity index (χ4n) is 0.704. The molecule has 10 heavy (non-hydrogen) atoms. The highest BCUT2D eigenvalue weighted by atomic mass is 16.5. The third-order valence-corrected chi connectivity index (χ3v) is 1.16. The van der Waals surface area contributed by atoms with Gasteiger partial charge in [0.05, 0.1) is 0 Å². The molecule has 2 heteroatoms. The maximum absolute atomic E-state index is 9.76. The molecule has 0 aliphatic heterocycles. The normalized spacial score (nSPS) is 8.80. The van der Waals surface area contributed by atoms with Gasteiger partial charge in [0.15, 0.2) is 0 Å². The van der Waals surface area contributed by atoms with Gasteiger partial charge in [-0.1, -0.05) is 30.3 Å². The van der Waals surface area contributed by atoms with Crippen molar-refractivity contribution in [3.05, 3.63) is 35.9 Å². The first-order valence-corrected chi connectivity index (χ1v) is 3.02. The van der Waals surface area contributed by atoms with Gasteiger partial charge in [0.1, 0.15) is 6.61 Å². The summed E-state index contributed by atoms with van der Waals surface area (Å²) in [7, 11) is 0. The predicted molar refractivity (Wildman–Crippen MR) is 37.3 cm³/mol. The second kappa shape index (κ2) is 3.67. The standard InChI is InChI=1S/C8H8O2/c9-7-10-6-8-4-2-1-3-5-8/h1-5,7H,6H2/i6+0,7+0,8+0. The van der Waals surface area contributed by atoms with Crippen LogP contribution in [0.1, 0.15) is 5.56 Å². The Hall–Kier alpha value is -1.31. The minimum atomic E-state index is 0.365. The molecule has 52 valence electrons. The van der Waals surface area contributed by atoms with Crippen molar-refractivity contribution in [2.45, 2.75) is 6.61 Å². The van der Waals surface area contributed by atoms with Gasteiger partial charge in [-0.05, 0) is 5.56 Å². The van der Waals surface area contributed by atoms with Gasteiger partial charge in [-0.2, -0.15) is 0 Å². The fourth-order valence-corrected chi connectivity index (χ4v) is 0.704. The van der Waals surface area contributed by atoms with Crippen LogP contribution in [0.4, 0.5) is 0 Å². The number of benzene rings is 1. The summed E-state index contributed by atoms with van der Waals surface area (Å²) in [6.45, 7) is 0.817. The highest BCUT2D eigenvalue weighted by molar-refractivity contribution is 5.37. The molecule has 2 nitrogen and oxygen atoms in total. The van der Waals surface area contributed by atoms with Gasteiger partial charge < -0.3 is 4.74 Å². The van der Waals surface area contributed by atoms with E-state index in [2.05, 4.69) is 4.74 Å². The minimum absolute atomic E-state index is 0.365. The molecule has 0 aromatic heterocycles. The first-order valence-electron chi connectivity index (χ1n) is 3.02. The summed E-state index contributed by atoms with van der Waals surface area (Å²) in [6, 6.07) is 9.55.